The molecular formula is C19H26N6O2. The van der Waals surface area contributed by atoms with Gasteiger partial charge < -0.3 is 15.0 Å². The Kier molecular flexibility index (Phi) is 6.40. The zero-order valence-electron chi connectivity index (χ0n) is 15.8. The van der Waals surface area contributed by atoms with Crippen molar-refractivity contribution in [1.29, 1.82) is 0 Å². The van der Waals surface area contributed by atoms with Gasteiger partial charge >= 0.3 is 5.97 Å². The highest BCUT2D eigenvalue weighted by molar-refractivity contribution is 5.80. The fraction of sp³-hybridized carbons (Fsp3) is 0.474. The van der Waals surface area contributed by atoms with Crippen molar-refractivity contribution in [2.24, 2.45) is 10.9 Å². The monoisotopic (exact) mass is 370 g/mol. The van der Waals surface area contributed by atoms with Gasteiger partial charge in [-0.1, -0.05) is 0 Å². The van der Waals surface area contributed by atoms with Gasteiger partial charge in [0.25, 0.3) is 0 Å². The number of hydrogen-bond acceptors (Lipinski definition) is 5. The number of aromatic nitrogens is 3. The first-order valence-corrected chi connectivity index (χ1v) is 9.28. The number of guanidine groups is 1. The molecule has 0 aromatic carbocycles. The highest BCUT2D eigenvalue weighted by Crippen LogP contribution is 2.19. The van der Waals surface area contributed by atoms with E-state index in [1.165, 1.54) is 0 Å². The number of likely N-dealkylation sites (tertiary alicyclic amines) is 1. The molecule has 0 aliphatic carbocycles. The lowest BCUT2D eigenvalue weighted by atomic mass is 9.97. The Morgan fingerprint density at radius 2 is 2.19 bits per heavy atom. The minimum Gasteiger partial charge on any atom is -0.466 e. The summed E-state index contributed by atoms with van der Waals surface area (Å²) in [6.07, 6.45) is 6.96. The minimum atomic E-state index is -0.0805. The number of hydrogen-bond donors (Lipinski definition) is 1. The van der Waals surface area contributed by atoms with Gasteiger partial charge in [-0.15, -0.1) is 0 Å². The van der Waals surface area contributed by atoms with Crippen molar-refractivity contribution in [3.63, 3.8) is 0 Å². The van der Waals surface area contributed by atoms with Crippen LogP contribution in [0.4, 0.5) is 0 Å². The third-order valence-electron chi connectivity index (χ3n) is 4.63. The zero-order valence-corrected chi connectivity index (χ0v) is 15.8. The number of nitrogens with zero attached hydrogens (tertiary/aromatic N) is 5. The average Bonchev–Trinajstić information content (AvgIpc) is 3.24. The van der Waals surface area contributed by atoms with E-state index >= 15 is 0 Å². The number of ether oxygens (including phenoxy) is 1. The largest absolute Gasteiger partial charge is 0.466 e. The van der Waals surface area contributed by atoms with Gasteiger partial charge in [0, 0.05) is 45.3 Å². The van der Waals surface area contributed by atoms with Crippen molar-refractivity contribution >= 4 is 11.9 Å². The Balaban J connectivity index is 1.54. The van der Waals surface area contributed by atoms with Crippen molar-refractivity contribution < 1.29 is 9.53 Å². The van der Waals surface area contributed by atoms with Gasteiger partial charge in [-0.2, -0.15) is 5.10 Å². The third-order valence-corrected chi connectivity index (χ3v) is 4.63. The van der Waals surface area contributed by atoms with Crippen LogP contribution in [0.5, 0.6) is 0 Å². The SMILES string of the molecule is CCOC(=O)C1CCN(C(=NC)NCc2ccnc(-n3cccn3)c2)CC1. The van der Waals surface area contributed by atoms with Crippen molar-refractivity contribution in [3.8, 4) is 5.82 Å². The lowest BCUT2D eigenvalue weighted by Gasteiger charge is -2.33. The molecule has 1 saturated heterocycles. The average molecular weight is 370 g/mol. The summed E-state index contributed by atoms with van der Waals surface area (Å²) in [5, 5.41) is 7.61. The molecule has 2 aromatic rings. The molecule has 0 spiro atoms. The van der Waals surface area contributed by atoms with Crippen LogP contribution in [0.25, 0.3) is 5.82 Å². The van der Waals surface area contributed by atoms with Gasteiger partial charge in [-0.05, 0) is 43.5 Å². The van der Waals surface area contributed by atoms with E-state index in [1.807, 2.05) is 31.3 Å². The minimum absolute atomic E-state index is 0.00358. The summed E-state index contributed by atoms with van der Waals surface area (Å²) >= 11 is 0. The van der Waals surface area contributed by atoms with E-state index < -0.39 is 0 Å². The molecule has 3 heterocycles. The molecule has 1 aliphatic heterocycles. The van der Waals surface area contributed by atoms with Crippen LogP contribution in [0.3, 0.4) is 0 Å². The van der Waals surface area contributed by atoms with Crippen molar-refractivity contribution in [2.45, 2.75) is 26.3 Å². The number of aliphatic imine (C=N–C) groups is 1. The maximum absolute atomic E-state index is 11.9. The number of pyridine rings is 1. The predicted molar refractivity (Wildman–Crippen MR) is 102 cm³/mol. The number of carbonyl (C=O) groups excluding carboxylic acids is 1. The fourth-order valence-corrected chi connectivity index (χ4v) is 3.20. The summed E-state index contributed by atoms with van der Waals surface area (Å²) in [5.41, 5.74) is 1.10. The van der Waals surface area contributed by atoms with Crippen molar-refractivity contribution in [1.82, 2.24) is 25.0 Å². The van der Waals surface area contributed by atoms with E-state index in [0.717, 1.165) is 43.3 Å². The van der Waals surface area contributed by atoms with Gasteiger partial charge in [-0.25, -0.2) is 9.67 Å². The molecule has 8 heteroatoms. The second-order valence-electron chi connectivity index (χ2n) is 6.39. The van der Waals surface area contributed by atoms with Crippen LogP contribution >= 0.6 is 0 Å². The van der Waals surface area contributed by atoms with Crippen LogP contribution < -0.4 is 5.32 Å². The van der Waals surface area contributed by atoms with E-state index in [0.29, 0.717) is 13.2 Å². The van der Waals surface area contributed by atoms with Crippen LogP contribution in [-0.4, -0.2) is 58.3 Å². The summed E-state index contributed by atoms with van der Waals surface area (Å²) < 4.78 is 6.87. The van der Waals surface area contributed by atoms with Gasteiger partial charge in [0.1, 0.15) is 0 Å². The predicted octanol–water partition coefficient (Wildman–Crippen LogP) is 1.62. The van der Waals surface area contributed by atoms with E-state index in [2.05, 4.69) is 25.3 Å². The van der Waals surface area contributed by atoms with Crippen LogP contribution in [0.1, 0.15) is 25.3 Å². The molecule has 0 saturated carbocycles. The molecule has 144 valence electrons. The first-order chi connectivity index (χ1) is 13.2. The van der Waals surface area contributed by atoms with Gasteiger partial charge in [0.05, 0.1) is 12.5 Å². The molecule has 0 bridgehead atoms. The number of nitrogens with one attached hydrogen (secondary N) is 1. The number of carbonyl (C=O) groups is 1. The normalized spacial score (nSPS) is 15.6. The lowest BCUT2D eigenvalue weighted by molar-refractivity contribution is -0.149. The molecule has 8 nitrogen and oxygen atoms in total. The summed E-state index contributed by atoms with van der Waals surface area (Å²) in [6, 6.07) is 5.84. The van der Waals surface area contributed by atoms with Gasteiger partial charge in [-0.3, -0.25) is 9.79 Å². The number of esters is 1. The summed E-state index contributed by atoms with van der Waals surface area (Å²) in [6.45, 7) is 4.50. The molecule has 3 rings (SSSR count). The quantitative estimate of drug-likeness (QED) is 0.489. The molecular weight excluding hydrogens is 344 g/mol. The van der Waals surface area contributed by atoms with E-state index in [1.54, 1.807) is 24.1 Å². The van der Waals surface area contributed by atoms with Crippen molar-refractivity contribution in [2.75, 3.05) is 26.7 Å². The van der Waals surface area contributed by atoms with Gasteiger partial charge in [0.2, 0.25) is 0 Å². The first kappa shape index (κ1) is 18.9. The highest BCUT2D eigenvalue weighted by atomic mass is 16.5. The highest BCUT2D eigenvalue weighted by Gasteiger charge is 2.27. The molecule has 0 radical (unpaired) electrons. The van der Waals surface area contributed by atoms with Gasteiger partial charge in [0.15, 0.2) is 11.8 Å². The van der Waals surface area contributed by atoms with E-state index in [9.17, 15) is 4.79 Å². The molecule has 0 unspecified atom stereocenters. The number of piperidine rings is 1. The van der Waals surface area contributed by atoms with Crippen LogP contribution in [0.15, 0.2) is 41.8 Å². The molecule has 2 aromatic heterocycles. The zero-order chi connectivity index (χ0) is 19.1. The third kappa shape index (κ3) is 4.84. The number of rotatable bonds is 5. The second kappa shape index (κ2) is 9.16. The summed E-state index contributed by atoms with van der Waals surface area (Å²) in [4.78, 5) is 22.8. The molecule has 1 fully saturated rings. The Bertz CT molecular complexity index is 766. The smallest absolute Gasteiger partial charge is 0.309 e. The maximum Gasteiger partial charge on any atom is 0.309 e. The molecule has 27 heavy (non-hydrogen) atoms. The van der Waals surface area contributed by atoms with Crippen LogP contribution in [0, 0.1) is 5.92 Å². The maximum atomic E-state index is 11.9. The van der Waals surface area contributed by atoms with Crippen LogP contribution in [-0.2, 0) is 16.1 Å². The van der Waals surface area contributed by atoms with E-state index in [-0.39, 0.29) is 11.9 Å². The molecule has 0 atom stereocenters. The fourth-order valence-electron chi connectivity index (χ4n) is 3.20. The summed E-state index contributed by atoms with van der Waals surface area (Å²) in [5.74, 6) is 1.54. The standard InChI is InChI=1S/C19H26N6O2/c1-3-27-18(26)16-6-11-24(12-7-16)19(20-2)22-14-15-5-9-21-17(13-15)25-10-4-8-23-25/h4-5,8-10,13,16H,3,6-7,11-12,14H2,1-2H3,(H,20,22). The molecule has 1 aliphatic rings. The summed E-state index contributed by atoms with van der Waals surface area (Å²) in [7, 11) is 1.78. The van der Waals surface area contributed by atoms with Crippen molar-refractivity contribution in [3.05, 3.63) is 42.4 Å². The Hall–Kier alpha value is -2.90. The van der Waals surface area contributed by atoms with E-state index in [4.69, 9.17) is 4.74 Å². The Morgan fingerprint density at radius 3 is 2.85 bits per heavy atom. The Morgan fingerprint density at radius 1 is 1.37 bits per heavy atom. The second-order valence-corrected chi connectivity index (χ2v) is 6.39. The van der Waals surface area contributed by atoms with Crippen LogP contribution in [0.2, 0.25) is 0 Å². The topological polar surface area (TPSA) is 84.6 Å². The lowest BCUT2D eigenvalue weighted by Crippen LogP contribution is -2.46. The molecule has 1 N–H and O–H groups in total. The molecule has 0 amide bonds. The Labute approximate surface area is 159 Å². The first-order valence-electron chi connectivity index (χ1n) is 9.28.